The highest BCUT2D eigenvalue weighted by Gasteiger charge is 2.23. The Hall–Kier alpha value is -3.31. The monoisotopic (exact) mass is 395 g/mol. The number of nitrogens with one attached hydrogen (secondary N) is 1. The molecule has 30 heavy (non-hydrogen) atoms. The summed E-state index contributed by atoms with van der Waals surface area (Å²) < 4.78 is 0. The number of hydrogen-bond acceptors (Lipinski definition) is 5. The van der Waals surface area contributed by atoms with E-state index in [4.69, 9.17) is 4.98 Å². The van der Waals surface area contributed by atoms with Gasteiger partial charge in [0.15, 0.2) is 0 Å². The quantitative estimate of drug-likeness (QED) is 0.507. The van der Waals surface area contributed by atoms with Crippen LogP contribution in [0.2, 0.25) is 0 Å². The largest absolute Gasteiger partial charge is 0.325 e. The van der Waals surface area contributed by atoms with Gasteiger partial charge in [-0.15, -0.1) is 0 Å². The van der Waals surface area contributed by atoms with E-state index in [2.05, 4.69) is 56.6 Å². The molecule has 1 aliphatic rings. The minimum atomic E-state index is 0.442. The van der Waals surface area contributed by atoms with Gasteiger partial charge in [0.1, 0.15) is 11.6 Å². The number of nitrogens with zero attached hydrogens (tertiary/aromatic N) is 4. The highest BCUT2D eigenvalue weighted by Crippen LogP contribution is 2.28. The zero-order chi connectivity index (χ0) is 20.2. The molecule has 0 radical (unpaired) electrons. The molecule has 4 aromatic rings. The Morgan fingerprint density at radius 3 is 2.70 bits per heavy atom. The van der Waals surface area contributed by atoms with Crippen LogP contribution < -0.4 is 5.32 Å². The third-order valence-corrected chi connectivity index (χ3v) is 5.75. The molecule has 0 bridgehead atoms. The minimum absolute atomic E-state index is 0.442. The van der Waals surface area contributed by atoms with Crippen LogP contribution >= 0.6 is 0 Å². The molecule has 0 amide bonds. The van der Waals surface area contributed by atoms with Gasteiger partial charge >= 0.3 is 0 Å². The van der Waals surface area contributed by atoms with E-state index in [0.29, 0.717) is 5.92 Å². The molecule has 0 unspecified atom stereocenters. The summed E-state index contributed by atoms with van der Waals surface area (Å²) in [6, 6.07) is 22.7. The predicted molar refractivity (Wildman–Crippen MR) is 121 cm³/mol. The van der Waals surface area contributed by atoms with Crippen LogP contribution in [0.15, 0.2) is 79.1 Å². The summed E-state index contributed by atoms with van der Waals surface area (Å²) in [7, 11) is 0. The van der Waals surface area contributed by atoms with Gasteiger partial charge in [-0.2, -0.15) is 0 Å². The Morgan fingerprint density at radius 1 is 0.867 bits per heavy atom. The summed E-state index contributed by atoms with van der Waals surface area (Å²) in [5.41, 5.74) is 3.57. The molecule has 0 spiro atoms. The molecule has 1 atom stereocenters. The number of rotatable bonds is 5. The molecule has 3 aromatic heterocycles. The Labute approximate surface area is 176 Å². The maximum absolute atomic E-state index is 4.90. The van der Waals surface area contributed by atoms with E-state index in [1.54, 1.807) is 6.20 Å². The molecule has 0 aliphatic carbocycles. The summed E-state index contributed by atoms with van der Waals surface area (Å²) in [5.74, 6) is 2.11. The summed E-state index contributed by atoms with van der Waals surface area (Å²) in [6.07, 6.45) is 6.01. The van der Waals surface area contributed by atoms with Gasteiger partial charge in [0, 0.05) is 42.5 Å². The molecule has 4 heterocycles. The van der Waals surface area contributed by atoms with Crippen LogP contribution in [0.25, 0.3) is 10.9 Å². The first-order valence-electron chi connectivity index (χ1n) is 10.6. The molecule has 1 aromatic carbocycles. The third kappa shape index (κ3) is 4.16. The van der Waals surface area contributed by atoms with Crippen LogP contribution in [0.3, 0.4) is 0 Å². The number of benzene rings is 1. The fourth-order valence-electron chi connectivity index (χ4n) is 4.30. The zero-order valence-electron chi connectivity index (χ0n) is 16.9. The Morgan fingerprint density at radius 2 is 1.77 bits per heavy atom. The normalized spacial score (nSPS) is 17.1. The molecule has 150 valence electrons. The predicted octanol–water partition coefficient (Wildman–Crippen LogP) is 5.15. The van der Waals surface area contributed by atoms with Crippen molar-refractivity contribution >= 4 is 22.5 Å². The summed E-state index contributed by atoms with van der Waals surface area (Å²) in [4.78, 5) is 16.3. The first-order chi connectivity index (χ1) is 14.8. The van der Waals surface area contributed by atoms with Crippen LogP contribution in [-0.4, -0.2) is 32.9 Å². The summed E-state index contributed by atoms with van der Waals surface area (Å²) in [5, 5.41) is 4.56. The topological polar surface area (TPSA) is 53.9 Å². The second kappa shape index (κ2) is 8.59. The third-order valence-electron chi connectivity index (χ3n) is 5.75. The standard InChI is InChI=1S/C25H25N5/c1-2-14-27-24(12-1)29-25-13-4-10-22(28-25)20-8-6-16-30(18-20)17-19-7-3-11-23-21(19)9-5-15-26-23/h1-5,7,9-15,20H,6,8,16-18H2,(H,27,28,29)/t20-/m1/s1. The molecule has 1 fully saturated rings. The van der Waals surface area contributed by atoms with Crippen molar-refractivity contribution in [2.24, 2.45) is 0 Å². The van der Waals surface area contributed by atoms with Crippen molar-refractivity contribution < 1.29 is 0 Å². The average Bonchev–Trinajstić information content (AvgIpc) is 2.80. The first kappa shape index (κ1) is 18.7. The number of fused-ring (bicyclic) bond motifs is 1. The van der Waals surface area contributed by atoms with Gasteiger partial charge in [0.25, 0.3) is 0 Å². The average molecular weight is 396 g/mol. The smallest absolute Gasteiger partial charge is 0.131 e. The lowest BCUT2D eigenvalue weighted by molar-refractivity contribution is 0.199. The molecule has 0 saturated carbocycles. The molecule has 5 heteroatoms. The fourth-order valence-corrected chi connectivity index (χ4v) is 4.30. The molecular formula is C25H25N5. The van der Waals surface area contributed by atoms with E-state index in [-0.39, 0.29) is 0 Å². The van der Waals surface area contributed by atoms with Gasteiger partial charge in [-0.05, 0) is 61.3 Å². The van der Waals surface area contributed by atoms with Gasteiger partial charge < -0.3 is 5.32 Å². The highest BCUT2D eigenvalue weighted by molar-refractivity contribution is 5.81. The van der Waals surface area contributed by atoms with Gasteiger partial charge in [-0.1, -0.05) is 30.3 Å². The molecule has 5 rings (SSSR count). The zero-order valence-corrected chi connectivity index (χ0v) is 16.9. The second-order valence-corrected chi connectivity index (χ2v) is 7.85. The van der Waals surface area contributed by atoms with Crippen molar-refractivity contribution in [3.8, 4) is 0 Å². The second-order valence-electron chi connectivity index (χ2n) is 7.85. The Balaban J connectivity index is 1.31. The van der Waals surface area contributed by atoms with Crippen molar-refractivity contribution in [3.05, 3.63) is 90.4 Å². The van der Waals surface area contributed by atoms with Crippen LogP contribution in [0.4, 0.5) is 11.6 Å². The molecule has 1 N–H and O–H groups in total. The van der Waals surface area contributed by atoms with Crippen molar-refractivity contribution in [3.63, 3.8) is 0 Å². The SMILES string of the molecule is c1ccc(Nc2cccc([C@@H]3CCCN(Cc4cccc5ncccc45)C3)n2)nc1. The maximum Gasteiger partial charge on any atom is 0.131 e. The van der Waals surface area contributed by atoms with E-state index >= 15 is 0 Å². The molecule has 5 nitrogen and oxygen atoms in total. The van der Waals surface area contributed by atoms with Crippen molar-refractivity contribution in [2.75, 3.05) is 18.4 Å². The lowest BCUT2D eigenvalue weighted by Crippen LogP contribution is -2.34. The van der Waals surface area contributed by atoms with Gasteiger partial charge in [-0.25, -0.2) is 9.97 Å². The van der Waals surface area contributed by atoms with Crippen LogP contribution in [-0.2, 0) is 6.54 Å². The number of anilines is 2. The molecule has 1 saturated heterocycles. The van der Waals surface area contributed by atoms with E-state index in [1.165, 1.54) is 23.8 Å². The van der Waals surface area contributed by atoms with Gasteiger partial charge in [0.05, 0.1) is 5.52 Å². The Bertz CT molecular complexity index is 1120. The number of hydrogen-bond donors (Lipinski definition) is 1. The fraction of sp³-hybridized carbons (Fsp3) is 0.240. The summed E-state index contributed by atoms with van der Waals surface area (Å²) in [6.45, 7) is 3.10. The van der Waals surface area contributed by atoms with Crippen LogP contribution in [0, 0.1) is 0 Å². The van der Waals surface area contributed by atoms with Crippen LogP contribution in [0.5, 0.6) is 0 Å². The van der Waals surface area contributed by atoms with Gasteiger partial charge in [-0.3, -0.25) is 9.88 Å². The van der Waals surface area contributed by atoms with Crippen molar-refractivity contribution in [2.45, 2.75) is 25.3 Å². The maximum atomic E-state index is 4.90. The van der Waals surface area contributed by atoms with E-state index in [9.17, 15) is 0 Å². The van der Waals surface area contributed by atoms with Crippen molar-refractivity contribution in [1.82, 2.24) is 19.9 Å². The number of likely N-dealkylation sites (tertiary alicyclic amines) is 1. The minimum Gasteiger partial charge on any atom is -0.325 e. The van der Waals surface area contributed by atoms with Gasteiger partial charge in [0.2, 0.25) is 0 Å². The summed E-state index contributed by atoms with van der Waals surface area (Å²) >= 11 is 0. The number of aromatic nitrogens is 3. The molecular weight excluding hydrogens is 370 g/mol. The Kier molecular flexibility index (Phi) is 5.36. The number of pyridine rings is 3. The van der Waals surface area contributed by atoms with E-state index < -0.39 is 0 Å². The van der Waals surface area contributed by atoms with E-state index in [1.807, 2.05) is 36.5 Å². The lowest BCUT2D eigenvalue weighted by Gasteiger charge is -2.32. The lowest BCUT2D eigenvalue weighted by atomic mass is 9.93. The molecule has 1 aliphatic heterocycles. The van der Waals surface area contributed by atoms with Crippen molar-refractivity contribution in [1.29, 1.82) is 0 Å². The van der Waals surface area contributed by atoms with Crippen LogP contribution in [0.1, 0.15) is 30.0 Å². The number of piperidine rings is 1. The highest BCUT2D eigenvalue weighted by atomic mass is 15.1. The first-order valence-corrected chi connectivity index (χ1v) is 10.6. The van der Waals surface area contributed by atoms with E-state index in [0.717, 1.165) is 42.5 Å².